The number of aromatic amines is 1. The van der Waals surface area contributed by atoms with Crippen LogP contribution in [0.5, 0.6) is 0 Å². The number of hydrogen-bond donors (Lipinski definition) is 4. The number of nitrogens with zero attached hydrogens (tertiary/aromatic N) is 2. The molecule has 10 nitrogen and oxygen atoms in total. The molecule has 0 saturated carbocycles. The van der Waals surface area contributed by atoms with Crippen molar-refractivity contribution in [2.24, 2.45) is 0 Å². The molecule has 0 radical (unpaired) electrons. The first-order valence-corrected chi connectivity index (χ1v) is 8.33. The summed E-state index contributed by atoms with van der Waals surface area (Å²) in [4.78, 5) is 35.5. The van der Waals surface area contributed by atoms with Gasteiger partial charge in [0.05, 0.1) is 18.5 Å². The first-order chi connectivity index (χ1) is 12.5. The fraction of sp³-hybridized carbons (Fsp3) is 0.267. The molecule has 2 amide bonds. The van der Waals surface area contributed by atoms with Crippen molar-refractivity contribution < 1.29 is 19.1 Å². The number of nitrogens with two attached hydrogens (primary N) is 1. The molecule has 0 aliphatic carbocycles. The Morgan fingerprint density at radius 2 is 2.19 bits per heavy atom. The Morgan fingerprint density at radius 3 is 2.88 bits per heavy atom. The third-order valence-electron chi connectivity index (χ3n) is 3.36. The number of rotatable bonds is 6. The van der Waals surface area contributed by atoms with Gasteiger partial charge in [-0.25, -0.2) is 4.79 Å². The largest absolute Gasteiger partial charge is 0.465 e. The third-order valence-corrected chi connectivity index (χ3v) is 4.26. The molecule has 26 heavy (non-hydrogen) atoms. The molecule has 2 aromatic rings. The number of carbonyl (C=O) groups excluding carboxylic acids is 3. The molecule has 0 aliphatic heterocycles. The van der Waals surface area contributed by atoms with Crippen LogP contribution < -0.4 is 16.4 Å². The Kier molecular flexibility index (Phi) is 6.29. The minimum absolute atomic E-state index is 0.128. The summed E-state index contributed by atoms with van der Waals surface area (Å²) in [5.74, 6) is -2.19. The van der Waals surface area contributed by atoms with Gasteiger partial charge in [0.25, 0.3) is 0 Å². The standard InChI is InChI=1S/C15H16N6O4S/c1-25-15(24)11-10(4-6-26-11)19-14(23)13(22)18-5-2-3-9-8(7-16)12(17)21-20-9/h4,6H,2-3,5H2,1H3,(H,18,22)(H,19,23)(H3,17,20,21). The number of thiophene rings is 1. The second-order valence-corrected chi connectivity index (χ2v) is 5.96. The molecule has 0 aliphatic rings. The zero-order valence-corrected chi connectivity index (χ0v) is 14.6. The number of H-pyrrole nitrogens is 1. The van der Waals surface area contributed by atoms with Gasteiger partial charge in [0, 0.05) is 6.54 Å². The van der Waals surface area contributed by atoms with Gasteiger partial charge in [0.15, 0.2) is 5.82 Å². The Morgan fingerprint density at radius 1 is 1.42 bits per heavy atom. The average Bonchev–Trinajstić information content (AvgIpc) is 3.23. The zero-order valence-electron chi connectivity index (χ0n) is 13.8. The number of esters is 1. The maximum absolute atomic E-state index is 11.9. The molecular formula is C15H16N6O4S. The minimum atomic E-state index is -0.892. The van der Waals surface area contributed by atoms with Crippen molar-refractivity contribution in [2.75, 3.05) is 24.7 Å². The number of ether oxygens (including phenoxy) is 1. The number of carbonyl (C=O) groups is 3. The highest BCUT2D eigenvalue weighted by molar-refractivity contribution is 7.12. The molecule has 2 rings (SSSR count). The van der Waals surface area contributed by atoms with E-state index in [1.54, 1.807) is 5.38 Å². The van der Waals surface area contributed by atoms with Crippen molar-refractivity contribution in [3.8, 4) is 6.07 Å². The normalized spacial score (nSPS) is 10.0. The number of hydrogen-bond acceptors (Lipinski definition) is 8. The van der Waals surface area contributed by atoms with E-state index in [9.17, 15) is 14.4 Å². The van der Waals surface area contributed by atoms with Crippen LogP contribution in [0.4, 0.5) is 11.5 Å². The molecule has 0 fully saturated rings. The lowest BCUT2D eigenvalue weighted by Crippen LogP contribution is -2.36. The maximum Gasteiger partial charge on any atom is 0.350 e. The van der Waals surface area contributed by atoms with E-state index >= 15 is 0 Å². The van der Waals surface area contributed by atoms with Gasteiger partial charge in [-0.05, 0) is 24.3 Å². The van der Waals surface area contributed by atoms with Gasteiger partial charge in [0.2, 0.25) is 0 Å². The van der Waals surface area contributed by atoms with E-state index in [-0.39, 0.29) is 28.5 Å². The lowest BCUT2D eigenvalue weighted by molar-refractivity contribution is -0.136. The second kappa shape index (κ2) is 8.63. The van der Waals surface area contributed by atoms with E-state index in [4.69, 9.17) is 11.0 Å². The molecule has 136 valence electrons. The van der Waals surface area contributed by atoms with E-state index in [1.165, 1.54) is 13.2 Å². The summed E-state index contributed by atoms with van der Waals surface area (Å²) < 4.78 is 4.60. The highest BCUT2D eigenvalue weighted by Crippen LogP contribution is 2.22. The quantitative estimate of drug-likeness (QED) is 0.322. The van der Waals surface area contributed by atoms with Crippen LogP contribution in [0.15, 0.2) is 11.4 Å². The fourth-order valence-electron chi connectivity index (χ4n) is 2.08. The lowest BCUT2D eigenvalue weighted by Gasteiger charge is -2.06. The van der Waals surface area contributed by atoms with Crippen molar-refractivity contribution >= 4 is 40.6 Å². The van der Waals surface area contributed by atoms with Crippen LogP contribution >= 0.6 is 11.3 Å². The SMILES string of the molecule is COC(=O)c1sccc1NC(=O)C(=O)NCCCc1[nH]nc(N)c1C#N. The van der Waals surface area contributed by atoms with E-state index in [2.05, 4.69) is 25.6 Å². The van der Waals surface area contributed by atoms with Crippen LogP contribution in [0.3, 0.4) is 0 Å². The van der Waals surface area contributed by atoms with Crippen molar-refractivity contribution in [1.82, 2.24) is 15.5 Å². The molecule has 11 heteroatoms. The minimum Gasteiger partial charge on any atom is -0.465 e. The predicted molar refractivity (Wildman–Crippen MR) is 93.3 cm³/mol. The van der Waals surface area contributed by atoms with Crippen LogP contribution in [-0.2, 0) is 20.7 Å². The number of nitrogen functional groups attached to an aromatic ring is 1. The van der Waals surface area contributed by atoms with Crippen LogP contribution in [0.1, 0.15) is 27.3 Å². The molecule has 0 aromatic carbocycles. The summed E-state index contributed by atoms with van der Waals surface area (Å²) in [6.45, 7) is 0.212. The maximum atomic E-state index is 11.9. The van der Waals surface area contributed by atoms with Gasteiger partial charge < -0.3 is 21.1 Å². The number of aryl methyl sites for hydroxylation is 1. The van der Waals surface area contributed by atoms with Crippen LogP contribution in [-0.4, -0.2) is 41.6 Å². The number of aromatic nitrogens is 2. The molecular weight excluding hydrogens is 360 g/mol. The predicted octanol–water partition coefficient (Wildman–Crippen LogP) is 0.399. The molecule has 0 unspecified atom stereocenters. The summed E-state index contributed by atoms with van der Waals surface area (Å²) in [5.41, 5.74) is 6.60. The summed E-state index contributed by atoms with van der Waals surface area (Å²) in [6.07, 6.45) is 0.910. The fourth-order valence-corrected chi connectivity index (χ4v) is 2.85. The number of nitriles is 1. The van der Waals surface area contributed by atoms with E-state index in [0.29, 0.717) is 18.5 Å². The Bertz CT molecular complexity index is 866. The second-order valence-electron chi connectivity index (χ2n) is 5.04. The Hall–Kier alpha value is -3.39. The van der Waals surface area contributed by atoms with Crippen molar-refractivity contribution in [3.05, 3.63) is 27.6 Å². The van der Waals surface area contributed by atoms with Crippen molar-refractivity contribution in [2.45, 2.75) is 12.8 Å². The number of nitrogens with one attached hydrogen (secondary N) is 3. The van der Waals surface area contributed by atoms with E-state index in [1.807, 2.05) is 6.07 Å². The van der Waals surface area contributed by atoms with Crippen LogP contribution in [0.25, 0.3) is 0 Å². The van der Waals surface area contributed by atoms with Gasteiger partial charge in [-0.15, -0.1) is 11.3 Å². The van der Waals surface area contributed by atoms with Gasteiger partial charge in [-0.1, -0.05) is 0 Å². The lowest BCUT2D eigenvalue weighted by atomic mass is 10.1. The Labute approximate surface area is 152 Å². The van der Waals surface area contributed by atoms with Gasteiger partial charge >= 0.3 is 17.8 Å². The molecule has 2 aromatic heterocycles. The average molecular weight is 376 g/mol. The summed E-state index contributed by atoms with van der Waals surface area (Å²) >= 11 is 1.09. The van der Waals surface area contributed by atoms with Crippen LogP contribution in [0, 0.1) is 11.3 Å². The van der Waals surface area contributed by atoms with Crippen molar-refractivity contribution in [1.29, 1.82) is 5.26 Å². The molecule has 0 bridgehead atoms. The van der Waals surface area contributed by atoms with Crippen LogP contribution in [0.2, 0.25) is 0 Å². The molecule has 2 heterocycles. The zero-order chi connectivity index (χ0) is 19.1. The third kappa shape index (κ3) is 4.37. The van der Waals surface area contributed by atoms with E-state index < -0.39 is 17.8 Å². The summed E-state index contributed by atoms with van der Waals surface area (Å²) in [5, 5.41) is 21.8. The number of amides is 2. The number of anilines is 2. The first-order valence-electron chi connectivity index (χ1n) is 7.45. The summed E-state index contributed by atoms with van der Waals surface area (Å²) in [6, 6.07) is 3.46. The van der Waals surface area contributed by atoms with Gasteiger partial charge in [-0.3, -0.25) is 14.7 Å². The number of methoxy groups -OCH3 is 1. The highest BCUT2D eigenvalue weighted by Gasteiger charge is 2.19. The van der Waals surface area contributed by atoms with Gasteiger partial charge in [-0.2, -0.15) is 10.4 Å². The molecule has 0 saturated heterocycles. The van der Waals surface area contributed by atoms with Gasteiger partial charge in [0.1, 0.15) is 16.5 Å². The van der Waals surface area contributed by atoms with Crippen molar-refractivity contribution in [3.63, 3.8) is 0 Å². The first kappa shape index (κ1) is 18.9. The molecule has 0 atom stereocenters. The molecule has 0 spiro atoms. The smallest absolute Gasteiger partial charge is 0.350 e. The Balaban J connectivity index is 1.81. The highest BCUT2D eigenvalue weighted by atomic mass is 32.1. The topological polar surface area (TPSA) is 163 Å². The molecule has 5 N–H and O–H groups in total. The van der Waals surface area contributed by atoms with E-state index in [0.717, 1.165) is 11.3 Å². The summed E-state index contributed by atoms with van der Waals surface area (Å²) in [7, 11) is 1.23. The monoisotopic (exact) mass is 376 g/mol.